The van der Waals surface area contributed by atoms with Crippen LogP contribution in [0.5, 0.6) is 0 Å². The number of rotatable bonds is 2. The fraction of sp³-hybridized carbons (Fsp3) is 0.333. The number of nitrogens with zero attached hydrogens (tertiary/aromatic N) is 1. The maximum absolute atomic E-state index is 10.5. The van der Waals surface area contributed by atoms with Gasteiger partial charge in [0.25, 0.3) is 0 Å². The number of aromatic nitrogens is 1. The van der Waals surface area contributed by atoms with Gasteiger partial charge < -0.3 is 0 Å². The topological polar surface area (TPSA) is 20.9 Å². The number of hydrogen-bond acceptors (Lipinski definition) is 1. The monoisotopic (exact) mass is 150 g/mol. The smallest absolute Gasteiger partial charge is 0.245 e. The van der Waals surface area contributed by atoms with Crippen molar-refractivity contribution in [2.45, 2.75) is 19.9 Å². The van der Waals surface area contributed by atoms with Gasteiger partial charge in [0.2, 0.25) is 12.0 Å². The lowest BCUT2D eigenvalue weighted by atomic mass is 10.3. The highest BCUT2D eigenvalue weighted by Gasteiger charge is 2.10. The molecule has 0 unspecified atom stereocenters. The summed E-state index contributed by atoms with van der Waals surface area (Å²) in [5.74, 6) is 0. The second-order valence-electron chi connectivity index (χ2n) is 2.74. The molecule has 0 atom stereocenters. The predicted octanol–water partition coefficient (Wildman–Crippen LogP) is 1.37. The number of hydrogen-bond donors (Lipinski definition) is 0. The van der Waals surface area contributed by atoms with Crippen LogP contribution in [-0.4, -0.2) is 6.29 Å². The second kappa shape index (κ2) is 3.28. The van der Waals surface area contributed by atoms with E-state index in [-0.39, 0.29) is 0 Å². The summed E-state index contributed by atoms with van der Waals surface area (Å²) in [7, 11) is 0. The molecule has 58 valence electrons. The van der Waals surface area contributed by atoms with Gasteiger partial charge in [-0.1, -0.05) is 0 Å². The summed E-state index contributed by atoms with van der Waals surface area (Å²) in [6.45, 7) is 4.10. The lowest BCUT2D eigenvalue weighted by molar-refractivity contribution is -0.717. The maximum atomic E-state index is 10.5. The molecule has 0 radical (unpaired) electrons. The van der Waals surface area contributed by atoms with Gasteiger partial charge in [0.1, 0.15) is 0 Å². The molecule has 0 saturated carbocycles. The summed E-state index contributed by atoms with van der Waals surface area (Å²) < 4.78 is 1.94. The molecule has 2 heteroatoms. The third-order valence-electron chi connectivity index (χ3n) is 1.60. The molecule has 0 N–H and O–H groups in total. The molecule has 0 aliphatic heterocycles. The Bertz CT molecular complexity index is 255. The first-order valence-corrected chi connectivity index (χ1v) is 3.71. The van der Waals surface area contributed by atoms with Crippen LogP contribution in [0.4, 0.5) is 0 Å². The van der Waals surface area contributed by atoms with Crippen molar-refractivity contribution in [2.75, 3.05) is 0 Å². The predicted molar refractivity (Wildman–Crippen MR) is 42.4 cm³/mol. The summed E-state index contributed by atoms with van der Waals surface area (Å²) in [6.07, 6.45) is 2.79. The van der Waals surface area contributed by atoms with Crippen LogP contribution in [0.15, 0.2) is 24.4 Å². The molecule has 1 rings (SSSR count). The van der Waals surface area contributed by atoms with E-state index in [0.717, 1.165) is 12.0 Å². The van der Waals surface area contributed by atoms with Crippen molar-refractivity contribution in [1.29, 1.82) is 0 Å². The molecule has 0 fully saturated rings. The van der Waals surface area contributed by atoms with Crippen LogP contribution < -0.4 is 4.57 Å². The van der Waals surface area contributed by atoms with E-state index in [1.54, 1.807) is 0 Å². The van der Waals surface area contributed by atoms with Crippen LogP contribution in [0, 0.1) is 0 Å². The summed E-state index contributed by atoms with van der Waals surface area (Å²) >= 11 is 0. The standard InChI is InChI=1S/C9H12NO/c1-8(2)10-6-4-3-5-9(10)7-11/h3-8H,1-2H3/q+1. The lowest BCUT2D eigenvalue weighted by Crippen LogP contribution is -2.39. The lowest BCUT2D eigenvalue weighted by Gasteiger charge is -2.00. The zero-order valence-electron chi connectivity index (χ0n) is 6.82. The minimum absolute atomic E-state index is 0.344. The van der Waals surface area contributed by atoms with Crippen molar-refractivity contribution >= 4 is 6.29 Å². The van der Waals surface area contributed by atoms with Gasteiger partial charge in [-0.15, -0.1) is 0 Å². The molecule has 0 spiro atoms. The molecule has 0 bridgehead atoms. The van der Waals surface area contributed by atoms with Crippen LogP contribution in [-0.2, 0) is 0 Å². The van der Waals surface area contributed by atoms with Crippen LogP contribution in [0.1, 0.15) is 30.4 Å². The van der Waals surface area contributed by atoms with Gasteiger partial charge in [-0.2, -0.15) is 4.57 Å². The molecule has 0 amide bonds. The molecule has 0 aliphatic rings. The van der Waals surface area contributed by atoms with Crippen LogP contribution in [0.2, 0.25) is 0 Å². The molecular weight excluding hydrogens is 138 g/mol. The van der Waals surface area contributed by atoms with Crippen molar-refractivity contribution in [3.63, 3.8) is 0 Å². The van der Waals surface area contributed by atoms with Gasteiger partial charge in [-0.05, 0) is 19.9 Å². The van der Waals surface area contributed by atoms with Crippen LogP contribution >= 0.6 is 0 Å². The summed E-state index contributed by atoms with van der Waals surface area (Å²) in [5, 5.41) is 0. The Morgan fingerprint density at radius 1 is 1.45 bits per heavy atom. The van der Waals surface area contributed by atoms with Crippen molar-refractivity contribution in [1.82, 2.24) is 0 Å². The third kappa shape index (κ3) is 1.64. The molecule has 0 aliphatic carbocycles. The molecule has 1 heterocycles. The van der Waals surface area contributed by atoms with E-state index in [9.17, 15) is 4.79 Å². The van der Waals surface area contributed by atoms with E-state index in [0.29, 0.717) is 6.04 Å². The van der Waals surface area contributed by atoms with Gasteiger partial charge in [0.15, 0.2) is 12.2 Å². The Hall–Kier alpha value is -1.18. The highest BCUT2D eigenvalue weighted by Crippen LogP contribution is 1.94. The number of pyridine rings is 1. The zero-order valence-corrected chi connectivity index (χ0v) is 6.82. The van der Waals surface area contributed by atoms with Gasteiger partial charge in [0.05, 0.1) is 0 Å². The van der Waals surface area contributed by atoms with E-state index in [1.165, 1.54) is 0 Å². The molecule has 1 aromatic heterocycles. The number of carbonyl (C=O) groups is 1. The van der Waals surface area contributed by atoms with Crippen molar-refractivity contribution in [2.24, 2.45) is 0 Å². The van der Waals surface area contributed by atoms with Gasteiger partial charge in [-0.3, -0.25) is 4.79 Å². The average Bonchev–Trinajstić information content (AvgIpc) is 2.04. The fourth-order valence-electron chi connectivity index (χ4n) is 1.04. The molecule has 1 aromatic rings. The van der Waals surface area contributed by atoms with Crippen LogP contribution in [0.3, 0.4) is 0 Å². The molecule has 11 heavy (non-hydrogen) atoms. The Kier molecular flexibility index (Phi) is 2.36. The first-order chi connectivity index (χ1) is 5.25. The average molecular weight is 150 g/mol. The minimum atomic E-state index is 0.344. The second-order valence-corrected chi connectivity index (χ2v) is 2.74. The number of carbonyl (C=O) groups excluding carboxylic acids is 1. The Morgan fingerprint density at radius 2 is 2.18 bits per heavy atom. The van der Waals surface area contributed by atoms with E-state index in [1.807, 2.05) is 42.8 Å². The van der Waals surface area contributed by atoms with E-state index >= 15 is 0 Å². The minimum Gasteiger partial charge on any atom is -0.291 e. The number of aldehydes is 1. The first kappa shape index (κ1) is 7.92. The quantitative estimate of drug-likeness (QED) is 0.460. The highest BCUT2D eigenvalue weighted by atomic mass is 16.1. The van der Waals surface area contributed by atoms with Gasteiger partial charge >= 0.3 is 0 Å². The van der Waals surface area contributed by atoms with Crippen molar-refractivity contribution in [3.8, 4) is 0 Å². The maximum Gasteiger partial charge on any atom is 0.245 e. The fourth-order valence-corrected chi connectivity index (χ4v) is 1.04. The summed E-state index contributed by atoms with van der Waals surface area (Å²) in [6, 6.07) is 5.94. The molecule has 0 aromatic carbocycles. The van der Waals surface area contributed by atoms with Gasteiger partial charge in [0, 0.05) is 12.1 Å². The summed E-state index contributed by atoms with van der Waals surface area (Å²) in [4.78, 5) is 10.5. The van der Waals surface area contributed by atoms with Gasteiger partial charge in [-0.25, -0.2) is 0 Å². The largest absolute Gasteiger partial charge is 0.291 e. The van der Waals surface area contributed by atoms with E-state index < -0.39 is 0 Å². The molecule has 0 saturated heterocycles. The van der Waals surface area contributed by atoms with Crippen molar-refractivity contribution in [3.05, 3.63) is 30.1 Å². The first-order valence-electron chi connectivity index (χ1n) is 3.71. The molecular formula is C9H12NO+. The molecule has 2 nitrogen and oxygen atoms in total. The van der Waals surface area contributed by atoms with E-state index in [2.05, 4.69) is 0 Å². The normalized spacial score (nSPS) is 10.1. The Morgan fingerprint density at radius 3 is 2.64 bits per heavy atom. The van der Waals surface area contributed by atoms with Crippen molar-refractivity contribution < 1.29 is 9.36 Å². The Balaban J connectivity index is 3.12. The highest BCUT2D eigenvalue weighted by molar-refractivity contribution is 5.69. The zero-order chi connectivity index (χ0) is 8.27. The summed E-state index contributed by atoms with van der Waals surface area (Å²) in [5.41, 5.74) is 0.725. The Labute approximate surface area is 66.5 Å². The van der Waals surface area contributed by atoms with E-state index in [4.69, 9.17) is 0 Å². The van der Waals surface area contributed by atoms with Crippen LogP contribution in [0.25, 0.3) is 0 Å². The third-order valence-corrected chi connectivity index (χ3v) is 1.60. The SMILES string of the molecule is CC(C)[n+]1ccccc1C=O.